The monoisotopic (exact) mass is 478 g/mol. The summed E-state index contributed by atoms with van der Waals surface area (Å²) in [6.07, 6.45) is -4.58. The Labute approximate surface area is 188 Å². The van der Waals surface area contributed by atoms with Gasteiger partial charge in [0, 0.05) is 19.0 Å². The first-order chi connectivity index (χ1) is 15.9. The number of aliphatic carboxylic acids is 1. The minimum Gasteiger partial charge on any atom is -0.548 e. The molecule has 0 saturated carbocycles. The first-order valence-electron chi connectivity index (χ1n) is 9.87. The highest BCUT2D eigenvalue weighted by atomic mass is 19.4. The molecule has 8 nitrogen and oxygen atoms in total. The third-order valence-electron chi connectivity index (χ3n) is 5.65. The number of aromatic nitrogens is 1. The van der Waals surface area contributed by atoms with Crippen LogP contribution in [0.5, 0.6) is 5.75 Å². The normalized spacial score (nSPS) is 15.4. The summed E-state index contributed by atoms with van der Waals surface area (Å²) in [5.41, 5.74) is -2.59. The van der Waals surface area contributed by atoms with Crippen LogP contribution < -0.4 is 20.9 Å². The topological polar surface area (TPSA) is 115 Å². The fourth-order valence-corrected chi connectivity index (χ4v) is 4.13. The highest BCUT2D eigenvalue weighted by molar-refractivity contribution is 6.05. The van der Waals surface area contributed by atoms with Gasteiger partial charge in [-0.3, -0.25) is 14.2 Å². The van der Waals surface area contributed by atoms with Gasteiger partial charge in [-0.2, -0.15) is 13.2 Å². The van der Waals surface area contributed by atoms with Crippen molar-refractivity contribution in [2.75, 3.05) is 25.0 Å². The number of hydrogen-bond donors (Lipinski definition) is 2. The van der Waals surface area contributed by atoms with E-state index in [2.05, 4.69) is 0 Å². The van der Waals surface area contributed by atoms with Gasteiger partial charge in [-0.05, 0) is 29.8 Å². The molecule has 1 amide bonds. The summed E-state index contributed by atoms with van der Waals surface area (Å²) in [5, 5.41) is 23.3. The number of carboxylic acid groups (broad SMARTS) is 1. The number of benzene rings is 2. The number of aromatic hydroxyl groups is 1. The average molecular weight is 478 g/mol. The quantitative estimate of drug-likeness (QED) is 0.548. The molecule has 3 aromatic rings. The van der Waals surface area contributed by atoms with Crippen LogP contribution in [-0.4, -0.2) is 41.7 Å². The summed E-state index contributed by atoms with van der Waals surface area (Å²) < 4.78 is 54.8. The van der Waals surface area contributed by atoms with Crippen LogP contribution in [0.1, 0.15) is 27.5 Å². The third-order valence-corrected chi connectivity index (χ3v) is 5.65. The van der Waals surface area contributed by atoms with Gasteiger partial charge in [-0.15, -0.1) is 0 Å². The van der Waals surface area contributed by atoms with E-state index in [-0.39, 0.29) is 28.7 Å². The molecule has 1 unspecified atom stereocenters. The molecule has 1 aliphatic heterocycles. The highest BCUT2D eigenvalue weighted by Gasteiger charge is 2.35. The number of halogens is 4. The molecular weight excluding hydrogens is 462 g/mol. The number of anilines is 1. The fraction of sp³-hybridized carbons (Fsp3) is 0.227. The smallest absolute Gasteiger partial charge is 0.416 e. The van der Waals surface area contributed by atoms with E-state index < -0.39 is 58.9 Å². The van der Waals surface area contributed by atoms with Crippen molar-refractivity contribution in [2.24, 2.45) is 0 Å². The summed E-state index contributed by atoms with van der Waals surface area (Å²) in [6, 6.07) is 5.25. The molecule has 0 spiro atoms. The van der Waals surface area contributed by atoms with Crippen LogP contribution in [0.25, 0.3) is 10.9 Å². The second-order valence-corrected chi connectivity index (χ2v) is 7.76. The van der Waals surface area contributed by atoms with Crippen molar-refractivity contribution in [1.82, 2.24) is 9.88 Å². The largest absolute Gasteiger partial charge is 0.548 e. The molecule has 0 radical (unpaired) electrons. The Kier molecular flexibility index (Phi) is 5.46. The SMILES string of the molecule is CN1CC(c2ccc(C(F)(F)F)cc2)n2c(=O)c(C(=O)NCC(=O)[O-])c(O)c3ccc(F)c1c32. The zero-order chi connectivity index (χ0) is 24.9. The molecule has 2 aromatic carbocycles. The van der Waals surface area contributed by atoms with Crippen LogP contribution in [0, 0.1) is 5.82 Å². The molecule has 12 heteroatoms. The molecule has 4 rings (SSSR count). The van der Waals surface area contributed by atoms with Crippen molar-refractivity contribution >= 4 is 28.5 Å². The summed E-state index contributed by atoms with van der Waals surface area (Å²) in [7, 11) is 1.51. The van der Waals surface area contributed by atoms with Gasteiger partial charge in [-0.25, -0.2) is 4.39 Å². The average Bonchev–Trinajstić information content (AvgIpc) is 2.76. The van der Waals surface area contributed by atoms with E-state index in [1.165, 1.54) is 24.1 Å². The Morgan fingerprint density at radius 3 is 2.41 bits per heavy atom. The second kappa shape index (κ2) is 8.04. The Morgan fingerprint density at radius 1 is 1.18 bits per heavy atom. The van der Waals surface area contributed by atoms with Gasteiger partial charge in [0.05, 0.1) is 35.3 Å². The first-order valence-corrected chi connectivity index (χ1v) is 9.87. The number of alkyl halides is 3. The molecular formula is C22H16F4N3O5-. The minimum absolute atomic E-state index is 0.0425. The van der Waals surface area contributed by atoms with E-state index in [9.17, 15) is 42.2 Å². The van der Waals surface area contributed by atoms with E-state index in [1.54, 1.807) is 0 Å². The van der Waals surface area contributed by atoms with Gasteiger partial charge in [0.15, 0.2) is 0 Å². The Hall–Kier alpha value is -4.09. The van der Waals surface area contributed by atoms with Crippen LogP contribution >= 0.6 is 0 Å². The van der Waals surface area contributed by atoms with Crippen LogP contribution in [0.3, 0.4) is 0 Å². The maximum Gasteiger partial charge on any atom is 0.416 e. The number of carboxylic acids is 1. The number of carbonyl (C=O) groups excluding carboxylic acids is 2. The molecule has 178 valence electrons. The third kappa shape index (κ3) is 3.70. The van der Waals surface area contributed by atoms with Gasteiger partial charge in [0.25, 0.3) is 11.5 Å². The lowest BCUT2D eigenvalue weighted by Gasteiger charge is -2.36. The molecule has 1 aliphatic rings. The predicted molar refractivity (Wildman–Crippen MR) is 110 cm³/mol. The van der Waals surface area contributed by atoms with E-state index >= 15 is 0 Å². The van der Waals surface area contributed by atoms with Crippen molar-refractivity contribution < 1.29 is 37.4 Å². The number of hydrogen-bond acceptors (Lipinski definition) is 6. The molecule has 0 aliphatic carbocycles. The van der Waals surface area contributed by atoms with E-state index in [0.717, 1.165) is 28.8 Å². The number of amides is 1. The number of carbonyl (C=O) groups is 2. The number of pyridine rings is 1. The summed E-state index contributed by atoms with van der Waals surface area (Å²) in [6.45, 7) is -0.978. The lowest BCUT2D eigenvalue weighted by molar-refractivity contribution is -0.303. The van der Waals surface area contributed by atoms with Crippen molar-refractivity contribution in [1.29, 1.82) is 0 Å². The molecule has 0 saturated heterocycles. The molecule has 34 heavy (non-hydrogen) atoms. The molecule has 1 atom stereocenters. The maximum absolute atomic E-state index is 14.7. The van der Waals surface area contributed by atoms with Gasteiger partial charge in [0.1, 0.15) is 17.1 Å². The zero-order valence-electron chi connectivity index (χ0n) is 17.4. The second-order valence-electron chi connectivity index (χ2n) is 7.76. The first kappa shape index (κ1) is 23.1. The van der Waals surface area contributed by atoms with Crippen molar-refractivity contribution in [3.05, 3.63) is 69.3 Å². The predicted octanol–water partition coefficient (Wildman–Crippen LogP) is 1.38. The summed E-state index contributed by atoms with van der Waals surface area (Å²) in [5.74, 6) is -4.34. The fourth-order valence-electron chi connectivity index (χ4n) is 4.13. The molecule has 2 heterocycles. The number of nitrogens with one attached hydrogen (secondary N) is 1. The van der Waals surface area contributed by atoms with Gasteiger partial charge >= 0.3 is 6.18 Å². The number of nitrogens with zero attached hydrogens (tertiary/aromatic N) is 2. The lowest BCUT2D eigenvalue weighted by atomic mass is 9.98. The van der Waals surface area contributed by atoms with Crippen molar-refractivity contribution in [3.8, 4) is 5.75 Å². The molecule has 0 fully saturated rings. The summed E-state index contributed by atoms with van der Waals surface area (Å²) in [4.78, 5) is 38.1. The maximum atomic E-state index is 14.7. The van der Waals surface area contributed by atoms with Gasteiger partial charge in [0.2, 0.25) is 0 Å². The van der Waals surface area contributed by atoms with E-state index in [4.69, 9.17) is 0 Å². The Morgan fingerprint density at radius 2 is 1.82 bits per heavy atom. The summed E-state index contributed by atoms with van der Waals surface area (Å²) >= 11 is 0. The lowest BCUT2D eigenvalue weighted by Crippen LogP contribution is -2.43. The standard InChI is InChI=1S/C22H17F4N3O5/c1-28-9-14(10-2-4-11(5-3-10)22(24,25)26)29-17-12(6-7-13(23)18(17)28)19(32)16(21(29)34)20(33)27-8-15(30)31/h2-7,14,32H,8-9H2,1H3,(H,27,33)(H,30,31)/p-1. The minimum atomic E-state index is -4.58. The van der Waals surface area contributed by atoms with E-state index in [0.29, 0.717) is 0 Å². The Balaban J connectivity index is 1.99. The van der Waals surface area contributed by atoms with Crippen molar-refractivity contribution in [2.45, 2.75) is 12.2 Å². The van der Waals surface area contributed by atoms with Gasteiger partial charge < -0.3 is 25.2 Å². The van der Waals surface area contributed by atoms with Crippen molar-refractivity contribution in [3.63, 3.8) is 0 Å². The zero-order valence-corrected chi connectivity index (χ0v) is 17.4. The number of rotatable bonds is 4. The molecule has 2 N–H and O–H groups in total. The molecule has 0 bridgehead atoms. The van der Waals surface area contributed by atoms with Crippen LogP contribution in [0.4, 0.5) is 23.2 Å². The molecule has 1 aromatic heterocycles. The van der Waals surface area contributed by atoms with E-state index in [1.807, 2.05) is 5.32 Å². The van der Waals surface area contributed by atoms with Crippen LogP contribution in [0.2, 0.25) is 0 Å². The Bertz CT molecular complexity index is 1380. The number of likely N-dealkylation sites (N-methyl/N-ethyl adjacent to an activating group) is 1. The highest BCUT2D eigenvalue weighted by Crippen LogP contribution is 2.41. The van der Waals surface area contributed by atoms with Crippen LogP contribution in [-0.2, 0) is 11.0 Å². The van der Waals surface area contributed by atoms with Crippen LogP contribution in [0.15, 0.2) is 41.2 Å². The van der Waals surface area contributed by atoms with Gasteiger partial charge in [-0.1, -0.05) is 12.1 Å².